The van der Waals surface area contributed by atoms with Crippen LogP contribution in [0.4, 0.5) is 0 Å². The SMILES string of the molecule is CC[C@H](C)[C@@H]([C@@H](CC(=O)N1CCC[C@H]1[C@H](OC)[C@@H](C)C(=O)N[C@@H](Cc1ccccc1)C(=O)OCCOCCOCCOC)OC)N(C)C(=O)[C@@H](NC(=O)C(C(C)C)N(C)C(C)C)C(C)C. The van der Waals surface area contributed by atoms with Crippen molar-refractivity contribution in [3.05, 3.63) is 35.9 Å². The molecule has 0 aliphatic carbocycles. The zero-order valence-corrected chi connectivity index (χ0v) is 42.1. The van der Waals surface area contributed by atoms with Gasteiger partial charge in [-0.05, 0) is 57.1 Å². The molecule has 1 fully saturated rings. The Morgan fingerprint density at radius 1 is 0.785 bits per heavy atom. The smallest absolute Gasteiger partial charge is 0.329 e. The second kappa shape index (κ2) is 29.9. The van der Waals surface area contributed by atoms with Crippen LogP contribution >= 0.6 is 0 Å². The van der Waals surface area contributed by atoms with Gasteiger partial charge < -0.3 is 48.9 Å². The lowest BCUT2D eigenvalue weighted by molar-refractivity contribution is -0.151. The lowest BCUT2D eigenvalue weighted by atomic mass is 9.89. The minimum Gasteiger partial charge on any atom is -0.462 e. The molecular weight excluding hydrogens is 835 g/mol. The lowest BCUT2D eigenvalue weighted by Crippen LogP contribution is -2.60. The van der Waals surface area contributed by atoms with Crippen molar-refractivity contribution in [1.82, 2.24) is 25.3 Å². The fraction of sp³-hybridized carbons (Fsp3) is 0.776. The summed E-state index contributed by atoms with van der Waals surface area (Å²) in [6, 6.07) is 6.38. The Labute approximate surface area is 390 Å². The summed E-state index contributed by atoms with van der Waals surface area (Å²) in [6.07, 6.45) is 0.870. The van der Waals surface area contributed by atoms with E-state index in [2.05, 4.69) is 10.6 Å². The molecule has 9 atom stereocenters. The zero-order chi connectivity index (χ0) is 48.8. The number of hydrogen-bond acceptors (Lipinski definition) is 12. The van der Waals surface area contributed by atoms with Crippen molar-refractivity contribution in [3.8, 4) is 0 Å². The van der Waals surface area contributed by atoms with E-state index in [-0.39, 0.29) is 67.6 Å². The van der Waals surface area contributed by atoms with E-state index in [0.717, 1.165) is 5.56 Å². The van der Waals surface area contributed by atoms with Gasteiger partial charge in [-0.15, -0.1) is 0 Å². The van der Waals surface area contributed by atoms with Gasteiger partial charge >= 0.3 is 5.97 Å². The predicted molar refractivity (Wildman–Crippen MR) is 251 cm³/mol. The molecule has 0 radical (unpaired) electrons. The van der Waals surface area contributed by atoms with Gasteiger partial charge in [-0.25, -0.2) is 4.79 Å². The Bertz CT molecular complexity index is 1570. The Kier molecular flexibility index (Phi) is 26.4. The van der Waals surface area contributed by atoms with Crippen LogP contribution in [0.5, 0.6) is 0 Å². The van der Waals surface area contributed by atoms with Crippen molar-refractivity contribution in [3.63, 3.8) is 0 Å². The first kappa shape index (κ1) is 57.5. The van der Waals surface area contributed by atoms with Crippen molar-refractivity contribution in [2.45, 2.75) is 143 Å². The monoisotopic (exact) mass is 920 g/mol. The number of rotatable bonds is 31. The average Bonchev–Trinajstić information content (AvgIpc) is 3.76. The molecule has 2 rings (SSSR count). The largest absolute Gasteiger partial charge is 0.462 e. The Hall–Kier alpha value is -3.67. The van der Waals surface area contributed by atoms with Crippen molar-refractivity contribution < 1.29 is 52.4 Å². The van der Waals surface area contributed by atoms with Crippen molar-refractivity contribution >= 4 is 29.6 Å². The third-order valence-electron chi connectivity index (χ3n) is 12.8. The standard InChI is InChI=1S/C49H85N5O11/c1-15-35(8)44(53(11)48(58)42(32(2)3)51-47(57)43(33(4)5)52(10)34(6)7)40(61-13)31-41(55)54-23-19-22-39(54)45(62-14)36(9)46(56)50-38(30-37-20-17-16-18-21-37)49(59)65-29-28-64-27-26-63-25-24-60-12/h16-18,20-21,32-36,38-40,42-45H,15,19,22-31H2,1-14H3,(H,50,56)(H,51,57)/t35-,36+,38-,39-,40+,42-,43?,44-,45+/m0/s1. The maximum absolute atomic E-state index is 14.5. The van der Waals surface area contributed by atoms with Crippen LogP contribution in [0.1, 0.15) is 93.6 Å². The maximum atomic E-state index is 14.5. The number of esters is 1. The van der Waals surface area contributed by atoms with Crippen LogP contribution in [0, 0.1) is 23.7 Å². The molecule has 1 aliphatic rings. The molecule has 1 saturated heterocycles. The third kappa shape index (κ3) is 17.8. The van der Waals surface area contributed by atoms with Gasteiger partial charge in [-0.3, -0.25) is 24.1 Å². The molecule has 65 heavy (non-hydrogen) atoms. The van der Waals surface area contributed by atoms with Gasteiger partial charge in [0, 0.05) is 47.4 Å². The highest BCUT2D eigenvalue weighted by molar-refractivity contribution is 5.90. The molecule has 1 aromatic rings. The number of likely N-dealkylation sites (tertiary alicyclic amines) is 1. The summed E-state index contributed by atoms with van der Waals surface area (Å²) in [5, 5.41) is 6.01. The summed E-state index contributed by atoms with van der Waals surface area (Å²) in [5.74, 6) is -2.62. The van der Waals surface area contributed by atoms with Crippen LogP contribution in [0.2, 0.25) is 0 Å². The van der Waals surface area contributed by atoms with E-state index in [4.69, 9.17) is 28.4 Å². The van der Waals surface area contributed by atoms with Crippen molar-refractivity contribution in [1.29, 1.82) is 0 Å². The van der Waals surface area contributed by atoms with E-state index in [0.29, 0.717) is 52.2 Å². The van der Waals surface area contributed by atoms with Crippen molar-refractivity contribution in [2.24, 2.45) is 23.7 Å². The van der Waals surface area contributed by atoms with Crippen LogP contribution in [0.25, 0.3) is 0 Å². The Balaban J connectivity index is 2.24. The molecular formula is C49H85N5O11. The Morgan fingerprint density at radius 2 is 1.40 bits per heavy atom. The van der Waals surface area contributed by atoms with E-state index in [1.807, 2.05) is 97.7 Å². The van der Waals surface area contributed by atoms with Gasteiger partial charge in [0.2, 0.25) is 23.6 Å². The van der Waals surface area contributed by atoms with Crippen LogP contribution < -0.4 is 10.6 Å². The molecule has 372 valence electrons. The molecule has 1 heterocycles. The summed E-state index contributed by atoms with van der Waals surface area (Å²) in [6.45, 7) is 20.0. The number of ether oxygens (including phenoxy) is 6. The number of methoxy groups -OCH3 is 3. The average molecular weight is 920 g/mol. The molecule has 1 aromatic carbocycles. The molecule has 16 nitrogen and oxygen atoms in total. The molecule has 0 spiro atoms. The highest BCUT2D eigenvalue weighted by Gasteiger charge is 2.43. The molecule has 1 aliphatic heterocycles. The van der Waals surface area contributed by atoms with Gasteiger partial charge in [-0.2, -0.15) is 0 Å². The maximum Gasteiger partial charge on any atom is 0.329 e. The van der Waals surface area contributed by atoms with E-state index >= 15 is 0 Å². The number of nitrogens with one attached hydrogen (secondary N) is 2. The fourth-order valence-electron chi connectivity index (χ4n) is 8.67. The highest BCUT2D eigenvalue weighted by Crippen LogP contribution is 2.30. The molecule has 0 bridgehead atoms. The number of hydrogen-bond donors (Lipinski definition) is 2. The summed E-state index contributed by atoms with van der Waals surface area (Å²) in [4.78, 5) is 75.6. The number of amides is 4. The van der Waals surface area contributed by atoms with Gasteiger partial charge in [0.15, 0.2) is 0 Å². The second-order valence-corrected chi connectivity index (χ2v) is 18.4. The highest BCUT2D eigenvalue weighted by atomic mass is 16.6. The van der Waals surface area contributed by atoms with Crippen LogP contribution in [-0.2, 0) is 58.8 Å². The quantitative estimate of drug-likeness (QED) is 0.0798. The predicted octanol–water partition coefficient (Wildman–Crippen LogP) is 4.36. The van der Waals surface area contributed by atoms with Crippen LogP contribution in [-0.4, -0.2) is 174 Å². The second-order valence-electron chi connectivity index (χ2n) is 18.4. The van der Waals surface area contributed by atoms with Crippen LogP contribution in [0.15, 0.2) is 30.3 Å². The number of benzene rings is 1. The lowest BCUT2D eigenvalue weighted by Gasteiger charge is -2.41. The zero-order valence-electron chi connectivity index (χ0n) is 42.1. The molecule has 4 amide bonds. The normalized spacial score (nSPS) is 17.9. The van der Waals surface area contributed by atoms with E-state index in [1.54, 1.807) is 38.0 Å². The molecule has 0 aromatic heterocycles. The topological polar surface area (TPSA) is 175 Å². The Morgan fingerprint density at radius 3 is 1.94 bits per heavy atom. The van der Waals surface area contributed by atoms with Gasteiger partial charge in [0.05, 0.1) is 75.7 Å². The first-order valence-electron chi connectivity index (χ1n) is 23.7. The summed E-state index contributed by atoms with van der Waals surface area (Å²) >= 11 is 0. The number of likely N-dealkylation sites (N-methyl/N-ethyl adjacent to an activating group) is 2. The van der Waals surface area contributed by atoms with Gasteiger partial charge in [-0.1, -0.05) is 85.2 Å². The molecule has 2 N–H and O–H groups in total. The van der Waals surface area contributed by atoms with Crippen LogP contribution in [0.3, 0.4) is 0 Å². The number of carbonyl (C=O) groups is 5. The number of nitrogens with zero attached hydrogens (tertiary/aromatic N) is 3. The van der Waals surface area contributed by atoms with E-state index in [9.17, 15) is 24.0 Å². The van der Waals surface area contributed by atoms with Gasteiger partial charge in [0.25, 0.3) is 0 Å². The first-order valence-corrected chi connectivity index (χ1v) is 23.7. The van der Waals surface area contributed by atoms with E-state index in [1.165, 1.54) is 7.11 Å². The van der Waals surface area contributed by atoms with E-state index < -0.39 is 60.2 Å². The summed E-state index contributed by atoms with van der Waals surface area (Å²) < 4.78 is 33.5. The van der Waals surface area contributed by atoms with Gasteiger partial charge in [0.1, 0.15) is 18.7 Å². The van der Waals surface area contributed by atoms with Crippen molar-refractivity contribution in [2.75, 3.05) is 81.6 Å². The molecule has 0 saturated carbocycles. The fourth-order valence-corrected chi connectivity index (χ4v) is 8.67. The third-order valence-corrected chi connectivity index (χ3v) is 12.8. The minimum absolute atomic E-state index is 0.00161. The minimum atomic E-state index is -0.982. The first-order chi connectivity index (χ1) is 30.9. The molecule has 16 heteroatoms. The summed E-state index contributed by atoms with van der Waals surface area (Å²) in [5.41, 5.74) is 0.845. The summed E-state index contributed by atoms with van der Waals surface area (Å²) in [7, 11) is 8.34. The molecule has 1 unspecified atom stereocenters. The number of carbonyl (C=O) groups excluding carboxylic acids is 5.